The van der Waals surface area contributed by atoms with Crippen LogP contribution in [0, 0.1) is 0 Å². The van der Waals surface area contributed by atoms with E-state index in [0.717, 1.165) is 26.2 Å². The topological polar surface area (TPSA) is 17.3 Å². The maximum absolute atomic E-state index is 4.31. The van der Waals surface area contributed by atoms with Gasteiger partial charge in [-0.3, -0.25) is 0 Å². The number of para-hydroxylation sites is 1. The molecule has 1 heterocycles. The number of benzene rings is 1. The largest absolute Gasteiger partial charge is 1.00 e. The van der Waals surface area contributed by atoms with E-state index in [4.69, 9.17) is 0 Å². The maximum Gasteiger partial charge on any atom is 1.00 e. The number of hydrogen-bond acceptors (Lipinski definition) is 1. The van der Waals surface area contributed by atoms with Crippen molar-refractivity contribution in [3.63, 3.8) is 0 Å². The molecular weight excluding hydrogens is 155 g/mol. The normalized spacial score (nSPS) is 16.5. The molecule has 1 saturated heterocycles. The second-order valence-electron chi connectivity index (χ2n) is 2.99. The molecule has 0 unspecified atom stereocenters. The molecule has 3 heteroatoms. The van der Waals surface area contributed by atoms with Gasteiger partial charge in [-0.05, 0) is 25.2 Å². The Labute approximate surface area is 91.5 Å². The van der Waals surface area contributed by atoms with Gasteiger partial charge in [0.15, 0.2) is 0 Å². The van der Waals surface area contributed by atoms with Crippen molar-refractivity contribution < 1.29 is 18.9 Å². The van der Waals surface area contributed by atoms with E-state index < -0.39 is 0 Å². The summed E-state index contributed by atoms with van der Waals surface area (Å²) < 4.78 is 0. The average molecular weight is 168 g/mol. The minimum atomic E-state index is 0. The van der Waals surface area contributed by atoms with Gasteiger partial charge in [-0.1, -0.05) is 18.2 Å². The molecule has 0 radical (unpaired) electrons. The zero-order valence-corrected chi connectivity index (χ0v) is 8.11. The van der Waals surface area contributed by atoms with Crippen LogP contribution in [-0.4, -0.2) is 26.2 Å². The summed E-state index contributed by atoms with van der Waals surface area (Å²) in [5.41, 5.74) is 1.33. The van der Waals surface area contributed by atoms with Gasteiger partial charge in [0, 0.05) is 5.69 Å². The third-order valence-electron chi connectivity index (χ3n) is 2.18. The van der Waals surface area contributed by atoms with Crippen molar-refractivity contribution in [2.45, 2.75) is 0 Å². The fraction of sp³-hybridized carbons (Fsp3) is 0.400. The second-order valence-corrected chi connectivity index (χ2v) is 2.99. The summed E-state index contributed by atoms with van der Waals surface area (Å²) in [5, 5.41) is 4.31. The minimum absolute atomic E-state index is 0. The number of nitrogens with zero attached hydrogens (tertiary/aromatic N) is 2. The van der Waals surface area contributed by atoms with Crippen LogP contribution in [0.25, 0.3) is 5.32 Å². The molecule has 1 aliphatic rings. The van der Waals surface area contributed by atoms with Gasteiger partial charge in [-0.15, -0.1) is 13.1 Å². The van der Waals surface area contributed by atoms with E-state index in [2.05, 4.69) is 40.5 Å². The molecule has 2 nitrogen and oxygen atoms in total. The van der Waals surface area contributed by atoms with Gasteiger partial charge in [-0.2, -0.15) is 0 Å². The maximum atomic E-state index is 4.31. The van der Waals surface area contributed by atoms with E-state index in [-0.39, 0.29) is 18.9 Å². The predicted octanol–water partition coefficient (Wildman–Crippen LogP) is -1.12. The second kappa shape index (κ2) is 5.34. The molecule has 2 rings (SSSR count). The molecule has 1 aromatic carbocycles. The van der Waals surface area contributed by atoms with Crippen LogP contribution >= 0.6 is 0 Å². The summed E-state index contributed by atoms with van der Waals surface area (Å²) in [5.74, 6) is 0. The van der Waals surface area contributed by atoms with Gasteiger partial charge in [-0.25, -0.2) is 0 Å². The summed E-state index contributed by atoms with van der Waals surface area (Å²) >= 11 is 0. The quantitative estimate of drug-likeness (QED) is 0.486. The molecule has 1 aliphatic heterocycles. The Morgan fingerprint density at radius 3 is 2.23 bits per heavy atom. The third-order valence-corrected chi connectivity index (χ3v) is 2.18. The SMILES string of the molecule is [Li+].c1ccc(N2CC[N-]CC2)cc1. The average Bonchev–Trinajstić information content (AvgIpc) is 2.21. The summed E-state index contributed by atoms with van der Waals surface area (Å²) in [6.45, 7) is 4.11. The Kier molecular flexibility index (Phi) is 4.38. The molecular formula is C10H13LiN2. The number of anilines is 1. The fourth-order valence-electron chi connectivity index (χ4n) is 1.50. The van der Waals surface area contributed by atoms with Crippen LogP contribution in [0.5, 0.6) is 0 Å². The minimum Gasteiger partial charge on any atom is -0.659 e. The van der Waals surface area contributed by atoms with Crippen LogP contribution in [0.15, 0.2) is 30.3 Å². The number of piperazine rings is 1. The molecule has 64 valence electrons. The monoisotopic (exact) mass is 168 g/mol. The number of rotatable bonds is 1. The molecule has 0 spiro atoms. The smallest absolute Gasteiger partial charge is 0.659 e. The summed E-state index contributed by atoms with van der Waals surface area (Å²) in [6, 6.07) is 10.5. The zero-order chi connectivity index (χ0) is 8.23. The molecule has 0 atom stereocenters. The van der Waals surface area contributed by atoms with Crippen LogP contribution in [0.3, 0.4) is 0 Å². The van der Waals surface area contributed by atoms with Crippen molar-refractivity contribution in [3.05, 3.63) is 35.6 Å². The van der Waals surface area contributed by atoms with Crippen LogP contribution < -0.4 is 23.8 Å². The van der Waals surface area contributed by atoms with Crippen molar-refractivity contribution in [3.8, 4) is 0 Å². The van der Waals surface area contributed by atoms with E-state index in [1.54, 1.807) is 0 Å². The van der Waals surface area contributed by atoms with E-state index in [0.29, 0.717) is 0 Å². The molecule has 0 amide bonds. The molecule has 13 heavy (non-hydrogen) atoms. The Morgan fingerprint density at radius 1 is 1.00 bits per heavy atom. The Hall–Kier alpha value is -0.423. The van der Waals surface area contributed by atoms with E-state index >= 15 is 0 Å². The molecule has 0 N–H and O–H groups in total. The first-order valence-corrected chi connectivity index (χ1v) is 4.40. The summed E-state index contributed by atoms with van der Waals surface area (Å²) in [6.07, 6.45) is 0. The molecule has 1 aromatic rings. The molecule has 0 bridgehead atoms. The van der Waals surface area contributed by atoms with E-state index in [1.165, 1.54) is 5.69 Å². The van der Waals surface area contributed by atoms with Crippen LogP contribution in [0.1, 0.15) is 0 Å². The molecule has 0 aliphatic carbocycles. The van der Waals surface area contributed by atoms with Crippen molar-refractivity contribution in [2.24, 2.45) is 0 Å². The van der Waals surface area contributed by atoms with Gasteiger partial charge < -0.3 is 10.2 Å². The van der Waals surface area contributed by atoms with Crippen molar-refractivity contribution in [1.82, 2.24) is 0 Å². The first-order chi connectivity index (χ1) is 5.97. The Balaban J connectivity index is 0.000000845. The Bertz CT molecular complexity index is 232. The Morgan fingerprint density at radius 2 is 1.62 bits per heavy atom. The van der Waals surface area contributed by atoms with Crippen molar-refractivity contribution in [2.75, 3.05) is 31.1 Å². The number of hydrogen-bond donors (Lipinski definition) is 0. The van der Waals surface area contributed by atoms with Gasteiger partial charge >= 0.3 is 18.9 Å². The van der Waals surface area contributed by atoms with Crippen LogP contribution in [0.4, 0.5) is 5.69 Å². The van der Waals surface area contributed by atoms with Crippen LogP contribution in [0.2, 0.25) is 0 Å². The van der Waals surface area contributed by atoms with Crippen LogP contribution in [-0.2, 0) is 0 Å². The third kappa shape index (κ3) is 2.77. The van der Waals surface area contributed by atoms with Crippen molar-refractivity contribution in [1.29, 1.82) is 0 Å². The molecule has 0 aromatic heterocycles. The van der Waals surface area contributed by atoms with E-state index in [1.807, 2.05) is 0 Å². The van der Waals surface area contributed by atoms with Crippen molar-refractivity contribution >= 4 is 5.69 Å². The predicted molar refractivity (Wildman–Crippen MR) is 51.7 cm³/mol. The fourth-order valence-corrected chi connectivity index (χ4v) is 1.50. The van der Waals surface area contributed by atoms with E-state index in [9.17, 15) is 0 Å². The summed E-state index contributed by atoms with van der Waals surface area (Å²) in [7, 11) is 0. The van der Waals surface area contributed by atoms with Gasteiger partial charge in [0.25, 0.3) is 0 Å². The van der Waals surface area contributed by atoms with Gasteiger partial charge in [0.05, 0.1) is 0 Å². The molecule has 0 saturated carbocycles. The van der Waals surface area contributed by atoms with Gasteiger partial charge in [0.2, 0.25) is 0 Å². The standard InChI is InChI=1S/C10H13N2.Li/c1-2-4-10(5-3-1)12-8-6-11-7-9-12;/h1-5H,6-9H2;/q-1;+1. The first kappa shape index (κ1) is 10.7. The zero-order valence-electron chi connectivity index (χ0n) is 8.11. The van der Waals surface area contributed by atoms with Gasteiger partial charge in [0.1, 0.15) is 0 Å². The first-order valence-electron chi connectivity index (χ1n) is 4.40. The summed E-state index contributed by atoms with van der Waals surface area (Å²) in [4.78, 5) is 2.38. The molecule has 1 fully saturated rings.